The van der Waals surface area contributed by atoms with Crippen LogP contribution in [0.25, 0.3) is 22.0 Å². The lowest BCUT2D eigenvalue weighted by atomic mass is 10.2. The Balaban J connectivity index is 1.40. The second-order valence-electron chi connectivity index (χ2n) is 7.31. The molecule has 2 heterocycles. The first-order valence-electron chi connectivity index (χ1n) is 10.1. The smallest absolute Gasteiger partial charge is 0.236 e. The first-order valence-corrected chi connectivity index (χ1v) is 13.9. The Labute approximate surface area is 208 Å². The fourth-order valence-electron chi connectivity index (χ4n) is 3.04. The summed E-state index contributed by atoms with van der Waals surface area (Å²) in [5.74, 6) is -0.212. The molecule has 1 amide bonds. The Morgan fingerprint density at radius 1 is 1.11 bits per heavy atom. The zero-order valence-electron chi connectivity index (χ0n) is 18.3. The maximum absolute atomic E-state index is 13.2. The minimum atomic E-state index is -2.80. The van der Waals surface area contributed by atoms with Crippen LogP contribution in [-0.2, 0) is 21.1 Å². The van der Waals surface area contributed by atoms with Gasteiger partial charge in [0.1, 0.15) is 10.8 Å². The average Bonchev–Trinajstić information content (AvgIpc) is 3.45. The molecule has 14 heteroatoms. The van der Waals surface area contributed by atoms with Gasteiger partial charge in [0.2, 0.25) is 11.0 Å². The number of aliphatic hydroxyl groups excluding tert-OH is 1. The summed E-state index contributed by atoms with van der Waals surface area (Å²) in [7, 11) is -2.80. The second kappa shape index (κ2) is 10.6. The van der Waals surface area contributed by atoms with E-state index in [1.807, 2.05) is 0 Å². The quantitative estimate of drug-likeness (QED) is 0.278. The van der Waals surface area contributed by atoms with Crippen LogP contribution in [0.15, 0.2) is 58.6 Å². The number of hydrogen-bond acceptors (Lipinski definition) is 10. The Hall–Kier alpha value is -3.20. The van der Waals surface area contributed by atoms with Crippen LogP contribution in [0, 0.1) is 10.6 Å². The fraction of sp³-hybridized carbons (Fsp3) is 0.190. The standard InChI is InChI=1S/C21H20FN7O3S3/c1-35(23,32)16-8-4-14(5-9-16)19-26-27-20(34-19)24-17(31)12-33-21-28-25-18(29(21)10-11-30)13-2-6-15(22)7-3-13/h2-9,23,30H,10-12H2,1H3,(H,24,27,31). The number of thioether (sulfide) groups is 1. The summed E-state index contributed by atoms with van der Waals surface area (Å²) < 4.78 is 34.4. The average molecular weight is 534 g/mol. The molecule has 0 fully saturated rings. The summed E-state index contributed by atoms with van der Waals surface area (Å²) in [5, 5.41) is 29.8. The topological polar surface area (TPSA) is 147 Å². The van der Waals surface area contributed by atoms with Gasteiger partial charge in [0.15, 0.2) is 11.0 Å². The van der Waals surface area contributed by atoms with E-state index < -0.39 is 9.73 Å². The summed E-state index contributed by atoms with van der Waals surface area (Å²) in [6.07, 6.45) is 1.36. The van der Waals surface area contributed by atoms with Gasteiger partial charge < -0.3 is 5.11 Å². The highest BCUT2D eigenvalue weighted by atomic mass is 32.2. The molecule has 0 bridgehead atoms. The molecule has 4 aromatic rings. The molecule has 2 aromatic heterocycles. The van der Waals surface area contributed by atoms with Gasteiger partial charge in [0.25, 0.3) is 0 Å². The number of rotatable bonds is 9. The zero-order valence-corrected chi connectivity index (χ0v) is 20.8. The number of nitrogens with zero attached hydrogens (tertiary/aromatic N) is 5. The molecule has 0 radical (unpaired) electrons. The molecule has 0 saturated carbocycles. The van der Waals surface area contributed by atoms with Gasteiger partial charge in [0.05, 0.1) is 22.1 Å². The maximum Gasteiger partial charge on any atom is 0.236 e. The van der Waals surface area contributed by atoms with Crippen LogP contribution >= 0.6 is 23.1 Å². The van der Waals surface area contributed by atoms with E-state index in [-0.39, 0.29) is 30.6 Å². The SMILES string of the molecule is CS(=N)(=O)c1ccc(-c2nnc(NC(=O)CSc3nnc(-c4ccc(F)cc4)n3CCO)s2)cc1. The van der Waals surface area contributed by atoms with Crippen molar-refractivity contribution < 1.29 is 18.5 Å². The number of halogens is 1. The molecule has 0 aliphatic carbocycles. The van der Waals surface area contributed by atoms with Crippen molar-refractivity contribution in [2.45, 2.75) is 16.6 Å². The number of carbonyl (C=O) groups is 1. The monoisotopic (exact) mass is 533 g/mol. The van der Waals surface area contributed by atoms with Crippen LogP contribution in [0.3, 0.4) is 0 Å². The third-order valence-corrected chi connectivity index (χ3v) is 7.72. The number of hydrogen-bond donors (Lipinski definition) is 3. The summed E-state index contributed by atoms with van der Waals surface area (Å²) >= 11 is 2.33. The van der Waals surface area contributed by atoms with Crippen LogP contribution in [0.2, 0.25) is 0 Å². The van der Waals surface area contributed by atoms with E-state index in [1.165, 1.54) is 29.7 Å². The number of benzene rings is 2. The molecule has 0 spiro atoms. The van der Waals surface area contributed by atoms with Crippen molar-refractivity contribution in [2.75, 3.05) is 23.9 Å². The van der Waals surface area contributed by atoms with E-state index in [2.05, 4.69) is 25.7 Å². The molecular weight excluding hydrogens is 513 g/mol. The van der Waals surface area contributed by atoms with Gasteiger partial charge in [0, 0.05) is 28.8 Å². The van der Waals surface area contributed by atoms with Crippen LogP contribution in [-0.4, -0.2) is 58.8 Å². The van der Waals surface area contributed by atoms with Crippen molar-refractivity contribution in [1.82, 2.24) is 25.0 Å². The van der Waals surface area contributed by atoms with Crippen molar-refractivity contribution in [2.24, 2.45) is 0 Å². The lowest BCUT2D eigenvalue weighted by Crippen LogP contribution is -2.15. The summed E-state index contributed by atoms with van der Waals surface area (Å²) in [6, 6.07) is 12.4. The molecule has 1 atom stereocenters. The number of aliphatic hydroxyl groups is 1. The van der Waals surface area contributed by atoms with Crippen molar-refractivity contribution in [3.8, 4) is 22.0 Å². The molecule has 3 N–H and O–H groups in total. The Kier molecular flexibility index (Phi) is 7.54. The van der Waals surface area contributed by atoms with E-state index in [1.54, 1.807) is 41.0 Å². The fourth-order valence-corrected chi connectivity index (χ4v) is 5.23. The van der Waals surface area contributed by atoms with Gasteiger partial charge in [-0.3, -0.25) is 14.7 Å². The molecule has 4 rings (SSSR count). The van der Waals surface area contributed by atoms with Gasteiger partial charge in [-0.05, 0) is 36.4 Å². The summed E-state index contributed by atoms with van der Waals surface area (Å²) in [4.78, 5) is 12.9. The van der Waals surface area contributed by atoms with E-state index >= 15 is 0 Å². The number of amides is 1. The van der Waals surface area contributed by atoms with Crippen LogP contribution < -0.4 is 5.32 Å². The molecule has 35 heavy (non-hydrogen) atoms. The lowest BCUT2D eigenvalue weighted by molar-refractivity contribution is -0.113. The normalized spacial score (nSPS) is 12.9. The van der Waals surface area contributed by atoms with Gasteiger partial charge >= 0.3 is 0 Å². The minimum absolute atomic E-state index is 0.0188. The zero-order chi connectivity index (χ0) is 25.0. The van der Waals surface area contributed by atoms with E-state index in [4.69, 9.17) is 4.78 Å². The Morgan fingerprint density at radius 2 is 1.80 bits per heavy atom. The van der Waals surface area contributed by atoms with Gasteiger partial charge in [-0.25, -0.2) is 13.4 Å². The van der Waals surface area contributed by atoms with Crippen LogP contribution in [0.1, 0.15) is 0 Å². The highest BCUT2D eigenvalue weighted by molar-refractivity contribution is 7.99. The van der Waals surface area contributed by atoms with Gasteiger partial charge in [-0.15, -0.1) is 20.4 Å². The van der Waals surface area contributed by atoms with Crippen LogP contribution in [0.5, 0.6) is 0 Å². The Morgan fingerprint density at radius 3 is 2.46 bits per heavy atom. The third-order valence-electron chi connectivity index (χ3n) is 4.70. The van der Waals surface area contributed by atoms with E-state index in [0.717, 1.165) is 17.3 Å². The summed E-state index contributed by atoms with van der Waals surface area (Å²) in [6.45, 7) is 0.0626. The third kappa shape index (κ3) is 6.08. The lowest BCUT2D eigenvalue weighted by Gasteiger charge is -2.08. The number of carbonyl (C=O) groups excluding carboxylic acids is 1. The molecular formula is C21H20FN7O3S3. The predicted octanol–water partition coefficient (Wildman–Crippen LogP) is 3.36. The molecule has 1 unspecified atom stereocenters. The molecule has 10 nitrogen and oxygen atoms in total. The van der Waals surface area contributed by atoms with Crippen molar-refractivity contribution in [3.63, 3.8) is 0 Å². The number of nitrogens with one attached hydrogen (secondary N) is 2. The first-order chi connectivity index (χ1) is 16.7. The highest BCUT2D eigenvalue weighted by Crippen LogP contribution is 2.28. The molecule has 0 aliphatic heterocycles. The summed E-state index contributed by atoms with van der Waals surface area (Å²) in [5.41, 5.74) is 1.37. The molecule has 2 aromatic carbocycles. The van der Waals surface area contributed by atoms with Gasteiger partial charge in [-0.2, -0.15) is 0 Å². The second-order valence-corrected chi connectivity index (χ2v) is 11.4. The number of anilines is 1. The largest absolute Gasteiger partial charge is 0.395 e. The van der Waals surface area contributed by atoms with Crippen molar-refractivity contribution >= 4 is 43.9 Å². The predicted molar refractivity (Wildman–Crippen MR) is 132 cm³/mol. The van der Waals surface area contributed by atoms with Crippen molar-refractivity contribution in [3.05, 3.63) is 54.3 Å². The van der Waals surface area contributed by atoms with Crippen LogP contribution in [0.4, 0.5) is 9.52 Å². The van der Waals surface area contributed by atoms with E-state index in [0.29, 0.717) is 31.6 Å². The Bertz CT molecular complexity index is 1440. The first kappa shape index (κ1) is 24.9. The highest BCUT2D eigenvalue weighted by Gasteiger charge is 2.17. The number of aromatic nitrogens is 5. The minimum Gasteiger partial charge on any atom is -0.395 e. The molecule has 0 aliphatic rings. The van der Waals surface area contributed by atoms with Crippen molar-refractivity contribution in [1.29, 1.82) is 4.78 Å². The van der Waals surface area contributed by atoms with E-state index in [9.17, 15) is 18.5 Å². The van der Waals surface area contributed by atoms with Gasteiger partial charge in [-0.1, -0.05) is 35.2 Å². The molecule has 182 valence electrons. The maximum atomic E-state index is 13.2. The molecule has 0 saturated heterocycles.